The standard InChI is InChI=1S/C10H11Cl3N2O2/c1-2-5(4-16)15-10(17)9-8(13)7(12)6(11)3-14-9/h3,5,16H,2,4H2,1H3,(H,15,17). The quantitative estimate of drug-likeness (QED) is 0.898. The molecule has 2 N–H and O–H groups in total. The van der Waals surface area contributed by atoms with Crippen molar-refractivity contribution < 1.29 is 9.90 Å². The van der Waals surface area contributed by atoms with Gasteiger partial charge in [0.05, 0.1) is 27.7 Å². The van der Waals surface area contributed by atoms with Gasteiger partial charge in [0.2, 0.25) is 0 Å². The van der Waals surface area contributed by atoms with Crippen molar-refractivity contribution in [2.75, 3.05) is 6.61 Å². The van der Waals surface area contributed by atoms with E-state index in [1.54, 1.807) is 0 Å². The Hall–Kier alpha value is -0.550. The minimum Gasteiger partial charge on any atom is -0.394 e. The Labute approximate surface area is 114 Å². The number of nitrogens with one attached hydrogen (secondary N) is 1. The SMILES string of the molecule is CCC(CO)NC(=O)c1ncc(Cl)c(Cl)c1Cl. The minimum absolute atomic E-state index is 0.00413. The Bertz CT molecular complexity index is 422. The van der Waals surface area contributed by atoms with Gasteiger partial charge in [0.1, 0.15) is 5.69 Å². The summed E-state index contributed by atoms with van der Waals surface area (Å²) < 4.78 is 0. The number of hydrogen-bond donors (Lipinski definition) is 2. The van der Waals surface area contributed by atoms with Crippen molar-refractivity contribution in [3.8, 4) is 0 Å². The molecule has 1 atom stereocenters. The van der Waals surface area contributed by atoms with Crippen LogP contribution < -0.4 is 5.32 Å². The third-order valence-electron chi connectivity index (χ3n) is 2.18. The van der Waals surface area contributed by atoms with Crippen LogP contribution >= 0.6 is 34.8 Å². The molecule has 0 spiro atoms. The summed E-state index contributed by atoms with van der Waals surface area (Å²) in [6, 6.07) is -0.338. The van der Waals surface area contributed by atoms with Gasteiger partial charge in [-0.2, -0.15) is 0 Å². The zero-order valence-corrected chi connectivity index (χ0v) is 11.3. The van der Waals surface area contributed by atoms with Crippen LogP contribution in [0, 0.1) is 0 Å². The molecular weight excluding hydrogens is 286 g/mol. The summed E-state index contributed by atoms with van der Waals surface area (Å²) in [5.41, 5.74) is -0.00651. The van der Waals surface area contributed by atoms with E-state index in [9.17, 15) is 4.79 Å². The maximum atomic E-state index is 11.8. The van der Waals surface area contributed by atoms with E-state index in [2.05, 4.69) is 10.3 Å². The van der Waals surface area contributed by atoms with Gasteiger partial charge in [-0.3, -0.25) is 4.79 Å². The summed E-state index contributed by atoms with van der Waals surface area (Å²) in [5.74, 6) is -0.491. The average molecular weight is 298 g/mol. The van der Waals surface area contributed by atoms with E-state index in [0.717, 1.165) is 0 Å². The monoisotopic (exact) mass is 296 g/mol. The van der Waals surface area contributed by atoms with Crippen LogP contribution in [0.1, 0.15) is 23.8 Å². The third kappa shape index (κ3) is 3.45. The molecule has 7 heteroatoms. The number of aliphatic hydroxyl groups excluding tert-OH is 1. The van der Waals surface area contributed by atoms with E-state index in [4.69, 9.17) is 39.9 Å². The highest BCUT2D eigenvalue weighted by atomic mass is 35.5. The number of rotatable bonds is 4. The normalized spacial score (nSPS) is 12.3. The van der Waals surface area contributed by atoms with Crippen molar-refractivity contribution in [2.45, 2.75) is 19.4 Å². The van der Waals surface area contributed by atoms with Gasteiger partial charge in [0, 0.05) is 6.20 Å². The van der Waals surface area contributed by atoms with Crippen LogP contribution in [-0.2, 0) is 0 Å². The smallest absolute Gasteiger partial charge is 0.271 e. The molecule has 0 aliphatic heterocycles. The summed E-state index contributed by atoms with van der Waals surface area (Å²) in [6.07, 6.45) is 1.85. The predicted molar refractivity (Wildman–Crippen MR) is 67.9 cm³/mol. The number of amides is 1. The first-order chi connectivity index (χ1) is 8.01. The fourth-order valence-electron chi connectivity index (χ4n) is 1.13. The Morgan fingerprint density at radius 1 is 1.47 bits per heavy atom. The first-order valence-electron chi connectivity index (χ1n) is 4.92. The molecule has 4 nitrogen and oxygen atoms in total. The zero-order valence-electron chi connectivity index (χ0n) is 9.01. The molecule has 1 unspecified atom stereocenters. The Morgan fingerprint density at radius 3 is 2.65 bits per heavy atom. The number of aliphatic hydroxyl groups is 1. The van der Waals surface area contributed by atoms with Crippen LogP contribution in [0.3, 0.4) is 0 Å². The van der Waals surface area contributed by atoms with E-state index in [-0.39, 0.29) is 33.4 Å². The number of hydrogen-bond acceptors (Lipinski definition) is 3. The van der Waals surface area contributed by atoms with Crippen molar-refractivity contribution in [3.05, 3.63) is 27.0 Å². The number of carbonyl (C=O) groups excluding carboxylic acids is 1. The molecule has 0 aliphatic carbocycles. The van der Waals surface area contributed by atoms with Crippen molar-refractivity contribution in [2.24, 2.45) is 0 Å². The first-order valence-corrected chi connectivity index (χ1v) is 6.05. The van der Waals surface area contributed by atoms with Crippen molar-refractivity contribution in [1.29, 1.82) is 0 Å². The van der Waals surface area contributed by atoms with E-state index >= 15 is 0 Å². The summed E-state index contributed by atoms with van der Waals surface area (Å²) in [4.78, 5) is 15.6. The molecule has 0 saturated heterocycles. The van der Waals surface area contributed by atoms with Crippen LogP contribution in [0.25, 0.3) is 0 Å². The zero-order chi connectivity index (χ0) is 13.0. The third-order valence-corrected chi connectivity index (χ3v) is 3.42. The molecule has 0 saturated carbocycles. The van der Waals surface area contributed by atoms with E-state index in [1.165, 1.54) is 6.20 Å². The topological polar surface area (TPSA) is 62.2 Å². The minimum atomic E-state index is -0.491. The molecule has 1 amide bonds. The molecule has 1 heterocycles. The summed E-state index contributed by atoms with van der Waals surface area (Å²) in [7, 11) is 0. The molecule has 17 heavy (non-hydrogen) atoms. The van der Waals surface area contributed by atoms with Gasteiger partial charge >= 0.3 is 0 Å². The predicted octanol–water partition coefficient (Wildman–Crippen LogP) is 2.54. The van der Waals surface area contributed by atoms with Gasteiger partial charge in [-0.15, -0.1) is 0 Å². The molecule has 0 radical (unpaired) electrons. The number of aromatic nitrogens is 1. The second kappa shape index (κ2) is 6.40. The fourth-order valence-corrected chi connectivity index (χ4v) is 1.70. The van der Waals surface area contributed by atoms with Crippen molar-refractivity contribution in [3.63, 3.8) is 0 Å². The molecule has 1 aromatic rings. The van der Waals surface area contributed by atoms with Gasteiger partial charge in [0.25, 0.3) is 5.91 Å². The largest absolute Gasteiger partial charge is 0.394 e. The number of halogens is 3. The maximum Gasteiger partial charge on any atom is 0.271 e. The van der Waals surface area contributed by atoms with Crippen LogP contribution in [0.15, 0.2) is 6.20 Å². The highest BCUT2D eigenvalue weighted by Gasteiger charge is 2.18. The maximum absolute atomic E-state index is 11.8. The summed E-state index contributed by atoms with van der Waals surface area (Å²) in [5, 5.41) is 11.8. The molecular formula is C10H11Cl3N2O2. The molecule has 0 aromatic carbocycles. The van der Waals surface area contributed by atoms with E-state index in [1.807, 2.05) is 6.92 Å². The van der Waals surface area contributed by atoms with Gasteiger partial charge in [-0.1, -0.05) is 41.7 Å². The van der Waals surface area contributed by atoms with Crippen molar-refractivity contribution in [1.82, 2.24) is 10.3 Å². The molecule has 1 rings (SSSR count). The number of pyridine rings is 1. The fraction of sp³-hybridized carbons (Fsp3) is 0.400. The van der Waals surface area contributed by atoms with E-state index < -0.39 is 5.91 Å². The van der Waals surface area contributed by atoms with Crippen LogP contribution in [0.4, 0.5) is 0 Å². The number of nitrogens with zero attached hydrogens (tertiary/aromatic N) is 1. The van der Waals surface area contributed by atoms with Crippen LogP contribution in [0.5, 0.6) is 0 Å². The molecule has 1 aromatic heterocycles. The van der Waals surface area contributed by atoms with E-state index in [0.29, 0.717) is 6.42 Å². The van der Waals surface area contributed by atoms with Gasteiger partial charge in [-0.25, -0.2) is 4.98 Å². The van der Waals surface area contributed by atoms with Gasteiger partial charge in [-0.05, 0) is 6.42 Å². The highest BCUT2D eigenvalue weighted by Crippen LogP contribution is 2.30. The lowest BCUT2D eigenvalue weighted by Gasteiger charge is -2.14. The summed E-state index contributed by atoms with van der Waals surface area (Å²) >= 11 is 17.4. The lowest BCUT2D eigenvalue weighted by Crippen LogP contribution is -2.37. The lowest BCUT2D eigenvalue weighted by atomic mass is 10.2. The second-order valence-electron chi connectivity index (χ2n) is 3.34. The Balaban J connectivity index is 2.93. The summed E-state index contributed by atoms with van der Waals surface area (Å²) in [6.45, 7) is 1.69. The average Bonchev–Trinajstić information content (AvgIpc) is 2.32. The van der Waals surface area contributed by atoms with Crippen molar-refractivity contribution >= 4 is 40.7 Å². The highest BCUT2D eigenvalue weighted by molar-refractivity contribution is 6.48. The number of carbonyl (C=O) groups is 1. The molecule has 0 aliphatic rings. The van der Waals surface area contributed by atoms with Gasteiger partial charge in [0.15, 0.2) is 0 Å². The van der Waals surface area contributed by atoms with Gasteiger partial charge < -0.3 is 10.4 Å². The lowest BCUT2D eigenvalue weighted by molar-refractivity contribution is 0.0910. The van der Waals surface area contributed by atoms with Crippen LogP contribution in [0.2, 0.25) is 15.1 Å². The molecule has 94 valence electrons. The Morgan fingerprint density at radius 2 is 2.12 bits per heavy atom. The Kier molecular flexibility index (Phi) is 5.46. The second-order valence-corrected chi connectivity index (χ2v) is 4.51. The first kappa shape index (κ1) is 14.5. The van der Waals surface area contributed by atoms with Crippen LogP contribution in [-0.4, -0.2) is 28.6 Å². The molecule has 0 fully saturated rings. The molecule has 0 bridgehead atoms.